The number of likely N-dealkylation sites (tertiary alicyclic amines) is 1. The highest BCUT2D eigenvalue weighted by Crippen LogP contribution is 2.41. The van der Waals surface area contributed by atoms with Crippen LogP contribution in [0.4, 0.5) is 4.39 Å². The predicted molar refractivity (Wildman–Crippen MR) is 93.7 cm³/mol. The SMILES string of the molecule is O/N=C1\CC2(CCN(Cc3ccccc3)CC2)Oc2c(F)cccc21. The van der Waals surface area contributed by atoms with Gasteiger partial charge in [0, 0.05) is 44.5 Å². The minimum absolute atomic E-state index is 0.220. The van der Waals surface area contributed by atoms with E-state index < -0.39 is 11.4 Å². The molecule has 0 saturated carbocycles. The summed E-state index contributed by atoms with van der Waals surface area (Å²) in [6.45, 7) is 2.65. The van der Waals surface area contributed by atoms with Crippen molar-refractivity contribution in [2.45, 2.75) is 31.4 Å². The molecule has 2 aliphatic heterocycles. The number of benzene rings is 2. The van der Waals surface area contributed by atoms with Crippen molar-refractivity contribution in [3.8, 4) is 5.75 Å². The molecule has 1 N–H and O–H groups in total. The molecular weight excluding hydrogens is 319 g/mol. The van der Waals surface area contributed by atoms with Crippen molar-refractivity contribution in [3.63, 3.8) is 0 Å². The summed E-state index contributed by atoms with van der Waals surface area (Å²) in [5, 5.41) is 12.8. The molecule has 0 bridgehead atoms. The van der Waals surface area contributed by atoms with Crippen molar-refractivity contribution in [2.75, 3.05) is 13.1 Å². The Balaban J connectivity index is 1.50. The van der Waals surface area contributed by atoms with E-state index in [1.54, 1.807) is 12.1 Å². The molecule has 1 spiro atoms. The van der Waals surface area contributed by atoms with E-state index in [-0.39, 0.29) is 5.75 Å². The molecule has 1 saturated heterocycles. The van der Waals surface area contributed by atoms with Crippen LogP contribution < -0.4 is 4.74 Å². The minimum Gasteiger partial charge on any atom is -0.483 e. The van der Waals surface area contributed by atoms with E-state index in [0.29, 0.717) is 17.7 Å². The number of para-hydroxylation sites is 1. The lowest BCUT2D eigenvalue weighted by molar-refractivity contribution is -0.00239. The number of hydrogen-bond acceptors (Lipinski definition) is 4. The van der Waals surface area contributed by atoms with Gasteiger partial charge in [0.2, 0.25) is 0 Å². The van der Waals surface area contributed by atoms with Gasteiger partial charge in [-0.15, -0.1) is 0 Å². The lowest BCUT2D eigenvalue weighted by atomic mass is 9.82. The maximum Gasteiger partial charge on any atom is 0.165 e. The minimum atomic E-state index is -0.482. The zero-order valence-electron chi connectivity index (χ0n) is 14.0. The highest BCUT2D eigenvalue weighted by molar-refractivity contribution is 6.04. The summed E-state index contributed by atoms with van der Waals surface area (Å²) in [5.74, 6) is -0.178. The van der Waals surface area contributed by atoms with Gasteiger partial charge in [-0.3, -0.25) is 4.90 Å². The Labute approximate surface area is 146 Å². The standard InChI is InChI=1S/C20H21FN2O2/c21-17-8-4-7-16-18(22-24)13-20(25-19(16)17)9-11-23(12-10-20)14-15-5-2-1-3-6-15/h1-8,24H,9-14H2/b22-18+. The van der Waals surface area contributed by atoms with Gasteiger partial charge in [0.1, 0.15) is 5.60 Å². The second kappa shape index (κ2) is 6.48. The quantitative estimate of drug-likeness (QED) is 0.668. The topological polar surface area (TPSA) is 45.1 Å². The number of ether oxygens (including phenoxy) is 1. The highest BCUT2D eigenvalue weighted by atomic mass is 19.1. The molecule has 2 aromatic rings. The van der Waals surface area contributed by atoms with Crippen molar-refractivity contribution < 1.29 is 14.3 Å². The fourth-order valence-electron chi connectivity index (χ4n) is 3.82. The van der Waals surface area contributed by atoms with Gasteiger partial charge in [-0.05, 0) is 17.7 Å². The largest absolute Gasteiger partial charge is 0.483 e. The zero-order chi connectivity index (χ0) is 17.3. The fourth-order valence-corrected chi connectivity index (χ4v) is 3.82. The first-order valence-electron chi connectivity index (χ1n) is 8.64. The molecule has 130 valence electrons. The van der Waals surface area contributed by atoms with Crippen LogP contribution in [0.3, 0.4) is 0 Å². The molecule has 5 heteroatoms. The molecule has 4 rings (SSSR count). The number of oxime groups is 1. The van der Waals surface area contributed by atoms with Crippen LogP contribution in [0.25, 0.3) is 0 Å². The molecule has 2 aliphatic rings. The normalized spacial score (nSPS) is 21.1. The van der Waals surface area contributed by atoms with Gasteiger partial charge < -0.3 is 9.94 Å². The number of hydrogen-bond donors (Lipinski definition) is 1. The van der Waals surface area contributed by atoms with Crippen molar-refractivity contribution >= 4 is 5.71 Å². The van der Waals surface area contributed by atoms with E-state index >= 15 is 0 Å². The van der Waals surface area contributed by atoms with Crippen molar-refractivity contribution in [3.05, 3.63) is 65.5 Å². The van der Waals surface area contributed by atoms with Gasteiger partial charge in [-0.25, -0.2) is 4.39 Å². The Morgan fingerprint density at radius 2 is 1.84 bits per heavy atom. The molecule has 0 aromatic heterocycles. The summed E-state index contributed by atoms with van der Waals surface area (Å²) in [7, 11) is 0. The van der Waals surface area contributed by atoms with Gasteiger partial charge in [-0.2, -0.15) is 0 Å². The molecule has 0 atom stereocenters. The summed E-state index contributed by atoms with van der Waals surface area (Å²) in [5.41, 5.74) is 1.87. The van der Waals surface area contributed by atoms with Crippen molar-refractivity contribution in [2.24, 2.45) is 5.16 Å². The Kier molecular flexibility index (Phi) is 4.17. The Bertz CT molecular complexity index is 784. The number of piperidine rings is 1. The first kappa shape index (κ1) is 16.1. The molecule has 0 amide bonds. The summed E-state index contributed by atoms with van der Waals surface area (Å²) in [4.78, 5) is 2.39. The van der Waals surface area contributed by atoms with Crippen LogP contribution in [0.15, 0.2) is 53.7 Å². The Morgan fingerprint density at radius 3 is 2.56 bits per heavy atom. The first-order chi connectivity index (χ1) is 12.2. The predicted octanol–water partition coefficient (Wildman–Crippen LogP) is 3.82. The summed E-state index contributed by atoms with van der Waals surface area (Å²) >= 11 is 0. The average molecular weight is 340 g/mol. The molecule has 25 heavy (non-hydrogen) atoms. The van der Waals surface area contributed by atoms with Crippen LogP contribution in [-0.4, -0.2) is 34.5 Å². The van der Waals surface area contributed by atoms with Crippen molar-refractivity contribution in [1.82, 2.24) is 4.90 Å². The van der Waals surface area contributed by atoms with E-state index in [9.17, 15) is 9.60 Å². The Morgan fingerprint density at radius 1 is 1.08 bits per heavy atom. The van der Waals surface area contributed by atoms with E-state index in [1.165, 1.54) is 11.6 Å². The van der Waals surface area contributed by atoms with Gasteiger partial charge in [-0.1, -0.05) is 41.6 Å². The van der Waals surface area contributed by atoms with Gasteiger partial charge >= 0.3 is 0 Å². The third-order valence-electron chi connectivity index (χ3n) is 5.22. The number of fused-ring (bicyclic) bond motifs is 1. The molecule has 0 unspecified atom stereocenters. The molecule has 2 heterocycles. The first-order valence-corrected chi connectivity index (χ1v) is 8.64. The lowest BCUT2D eigenvalue weighted by Crippen LogP contribution is -2.51. The van der Waals surface area contributed by atoms with Crippen LogP contribution in [0.1, 0.15) is 30.4 Å². The Hall–Kier alpha value is -2.40. The fraction of sp³-hybridized carbons (Fsp3) is 0.350. The summed E-state index contributed by atoms with van der Waals surface area (Å²) in [6.07, 6.45) is 2.08. The lowest BCUT2D eigenvalue weighted by Gasteiger charge is -2.44. The molecule has 2 aromatic carbocycles. The second-order valence-electron chi connectivity index (χ2n) is 6.89. The second-order valence-corrected chi connectivity index (χ2v) is 6.89. The van der Waals surface area contributed by atoms with Crippen LogP contribution in [0.5, 0.6) is 5.75 Å². The van der Waals surface area contributed by atoms with E-state index in [0.717, 1.165) is 32.5 Å². The number of halogens is 1. The van der Waals surface area contributed by atoms with E-state index in [2.05, 4.69) is 34.3 Å². The smallest absolute Gasteiger partial charge is 0.165 e. The zero-order valence-corrected chi connectivity index (χ0v) is 14.0. The highest BCUT2D eigenvalue weighted by Gasteiger charge is 2.43. The summed E-state index contributed by atoms with van der Waals surface area (Å²) < 4.78 is 20.3. The maximum absolute atomic E-state index is 14.2. The van der Waals surface area contributed by atoms with Crippen LogP contribution >= 0.6 is 0 Å². The van der Waals surface area contributed by atoms with Crippen LogP contribution in [0, 0.1) is 5.82 Å². The molecule has 4 nitrogen and oxygen atoms in total. The van der Waals surface area contributed by atoms with Crippen LogP contribution in [0.2, 0.25) is 0 Å². The third kappa shape index (κ3) is 3.12. The van der Waals surface area contributed by atoms with E-state index in [4.69, 9.17) is 4.74 Å². The van der Waals surface area contributed by atoms with Gasteiger partial charge in [0.25, 0.3) is 0 Å². The maximum atomic E-state index is 14.2. The van der Waals surface area contributed by atoms with E-state index in [1.807, 2.05) is 6.07 Å². The molecule has 1 fully saturated rings. The van der Waals surface area contributed by atoms with Gasteiger partial charge in [0.05, 0.1) is 5.71 Å². The van der Waals surface area contributed by atoms with Crippen LogP contribution in [-0.2, 0) is 6.54 Å². The molecule has 0 aliphatic carbocycles. The number of nitrogens with zero attached hydrogens (tertiary/aromatic N) is 2. The van der Waals surface area contributed by atoms with Gasteiger partial charge in [0.15, 0.2) is 11.6 Å². The third-order valence-corrected chi connectivity index (χ3v) is 5.22. The molecule has 0 radical (unpaired) electrons. The van der Waals surface area contributed by atoms with Crippen molar-refractivity contribution in [1.29, 1.82) is 0 Å². The summed E-state index contributed by atoms with van der Waals surface area (Å²) in [6, 6.07) is 15.1. The molecular formula is C20H21FN2O2. The monoisotopic (exact) mass is 340 g/mol. The average Bonchev–Trinajstić information content (AvgIpc) is 2.65. The number of rotatable bonds is 2.